The van der Waals surface area contributed by atoms with E-state index in [1.165, 1.54) is 10.5 Å². The van der Waals surface area contributed by atoms with E-state index in [4.69, 9.17) is 10.5 Å². The molecule has 0 aromatic carbocycles. The molecule has 1 aromatic rings. The second kappa shape index (κ2) is 6.62. The average molecular weight is 299 g/mol. The molecule has 1 aliphatic heterocycles. The summed E-state index contributed by atoms with van der Waals surface area (Å²) in [5, 5.41) is 0. The first-order valence-corrected chi connectivity index (χ1v) is 8.16. The highest BCUT2D eigenvalue weighted by Crippen LogP contribution is 2.23. The van der Waals surface area contributed by atoms with Crippen LogP contribution in [-0.2, 0) is 21.3 Å². The van der Waals surface area contributed by atoms with Crippen LogP contribution in [0.1, 0.15) is 18.5 Å². The molecule has 0 bridgehead atoms. The maximum atomic E-state index is 12.5. The van der Waals surface area contributed by atoms with Crippen LogP contribution in [0.4, 0.5) is 0 Å². The molecule has 20 heavy (non-hydrogen) atoms. The quantitative estimate of drug-likeness (QED) is 0.860. The van der Waals surface area contributed by atoms with Crippen molar-refractivity contribution in [1.29, 1.82) is 0 Å². The van der Waals surface area contributed by atoms with E-state index in [1.54, 1.807) is 19.2 Å². The highest BCUT2D eigenvalue weighted by molar-refractivity contribution is 7.89. The molecule has 6 nitrogen and oxygen atoms in total. The van der Waals surface area contributed by atoms with Gasteiger partial charge in [-0.2, -0.15) is 4.31 Å². The zero-order valence-corrected chi connectivity index (χ0v) is 12.5. The predicted molar refractivity (Wildman–Crippen MR) is 75.5 cm³/mol. The van der Waals surface area contributed by atoms with Crippen molar-refractivity contribution in [3.8, 4) is 0 Å². The Hall–Kier alpha value is -1.02. The molecule has 1 aliphatic rings. The van der Waals surface area contributed by atoms with Gasteiger partial charge in [0.2, 0.25) is 10.0 Å². The summed E-state index contributed by atoms with van der Waals surface area (Å²) < 4.78 is 31.6. The van der Waals surface area contributed by atoms with Gasteiger partial charge in [0.1, 0.15) is 4.90 Å². The first-order valence-electron chi connectivity index (χ1n) is 6.72. The Bertz CT molecular complexity index is 522. The van der Waals surface area contributed by atoms with E-state index in [-0.39, 0.29) is 4.90 Å². The summed E-state index contributed by atoms with van der Waals surface area (Å²) in [6.07, 6.45) is 3.06. The summed E-state index contributed by atoms with van der Waals surface area (Å²) in [4.78, 5) is 4.29. The van der Waals surface area contributed by atoms with Crippen molar-refractivity contribution < 1.29 is 13.2 Å². The van der Waals surface area contributed by atoms with Gasteiger partial charge in [-0.25, -0.2) is 8.42 Å². The zero-order valence-electron chi connectivity index (χ0n) is 11.7. The lowest BCUT2D eigenvalue weighted by Crippen LogP contribution is -2.39. The highest BCUT2D eigenvalue weighted by Gasteiger charge is 2.29. The van der Waals surface area contributed by atoms with Crippen LogP contribution >= 0.6 is 0 Å². The third-order valence-electron chi connectivity index (χ3n) is 3.62. The van der Waals surface area contributed by atoms with Crippen LogP contribution in [0.15, 0.2) is 23.2 Å². The molecule has 0 saturated carbocycles. The monoisotopic (exact) mass is 299 g/mol. The molecule has 0 unspecified atom stereocenters. The Labute approximate surface area is 120 Å². The number of hydrogen-bond acceptors (Lipinski definition) is 5. The van der Waals surface area contributed by atoms with E-state index in [2.05, 4.69) is 4.98 Å². The molecular weight excluding hydrogens is 278 g/mol. The van der Waals surface area contributed by atoms with Crippen molar-refractivity contribution >= 4 is 10.0 Å². The fourth-order valence-corrected chi connectivity index (χ4v) is 3.80. The number of piperidine rings is 1. The summed E-state index contributed by atoms with van der Waals surface area (Å²) in [7, 11) is -1.76. The van der Waals surface area contributed by atoms with Gasteiger partial charge in [0.25, 0.3) is 0 Å². The molecule has 0 atom stereocenters. The topological polar surface area (TPSA) is 85.5 Å². The van der Waals surface area contributed by atoms with Crippen LogP contribution in [0, 0.1) is 5.92 Å². The minimum Gasteiger partial charge on any atom is -0.384 e. The molecule has 1 saturated heterocycles. The van der Waals surface area contributed by atoms with Crippen LogP contribution in [0.3, 0.4) is 0 Å². The maximum Gasteiger partial charge on any atom is 0.244 e. The van der Waals surface area contributed by atoms with Crippen LogP contribution < -0.4 is 5.73 Å². The minimum absolute atomic E-state index is 0.236. The van der Waals surface area contributed by atoms with Crippen molar-refractivity contribution in [3.05, 3.63) is 24.0 Å². The van der Waals surface area contributed by atoms with Gasteiger partial charge in [0, 0.05) is 39.5 Å². The number of ether oxygens (including phenoxy) is 1. The Kier molecular flexibility index (Phi) is 5.09. The number of rotatable bonds is 5. The summed E-state index contributed by atoms with van der Waals surface area (Å²) in [6, 6.07) is 3.23. The smallest absolute Gasteiger partial charge is 0.244 e. The number of nitrogens with zero attached hydrogens (tertiary/aromatic N) is 2. The van der Waals surface area contributed by atoms with E-state index in [9.17, 15) is 8.42 Å². The first kappa shape index (κ1) is 15.4. The van der Waals surface area contributed by atoms with Crippen LogP contribution in [-0.4, -0.2) is 44.5 Å². The Balaban J connectivity index is 2.07. The van der Waals surface area contributed by atoms with Gasteiger partial charge in [-0.15, -0.1) is 0 Å². The van der Waals surface area contributed by atoms with E-state index >= 15 is 0 Å². The molecule has 1 aromatic heterocycles. The number of methoxy groups -OCH3 is 1. The Morgan fingerprint density at radius 1 is 1.40 bits per heavy atom. The van der Waals surface area contributed by atoms with Crippen molar-refractivity contribution in [3.63, 3.8) is 0 Å². The zero-order chi connectivity index (χ0) is 14.6. The number of hydrogen-bond donors (Lipinski definition) is 1. The molecule has 2 heterocycles. The molecule has 0 radical (unpaired) electrons. The van der Waals surface area contributed by atoms with Gasteiger partial charge in [-0.3, -0.25) is 4.98 Å². The van der Waals surface area contributed by atoms with Crippen molar-refractivity contribution in [2.75, 3.05) is 26.8 Å². The lowest BCUT2D eigenvalue weighted by atomic mass is 9.99. The molecule has 0 amide bonds. The van der Waals surface area contributed by atoms with E-state index in [1.807, 2.05) is 0 Å². The second-order valence-electron chi connectivity index (χ2n) is 4.99. The van der Waals surface area contributed by atoms with Gasteiger partial charge >= 0.3 is 0 Å². The molecule has 112 valence electrons. The number of aromatic nitrogens is 1. The van der Waals surface area contributed by atoms with Gasteiger partial charge in [0.15, 0.2) is 0 Å². The van der Waals surface area contributed by atoms with E-state index in [0.29, 0.717) is 37.9 Å². The standard InChI is InChI=1S/C13H21N3O3S/c1-19-10-11-4-6-16(7-5-11)20(17,18)13-3-2-12(8-14)15-9-13/h2-3,9,11H,4-8,10,14H2,1H3. The van der Waals surface area contributed by atoms with Gasteiger partial charge in [-0.1, -0.05) is 0 Å². The Morgan fingerprint density at radius 3 is 2.60 bits per heavy atom. The second-order valence-corrected chi connectivity index (χ2v) is 6.93. The molecule has 7 heteroatoms. The number of nitrogens with two attached hydrogens (primary N) is 1. The average Bonchev–Trinajstić information content (AvgIpc) is 2.48. The minimum atomic E-state index is -3.44. The number of pyridine rings is 1. The molecule has 0 aliphatic carbocycles. The molecular formula is C13H21N3O3S. The molecule has 2 N–H and O–H groups in total. The van der Waals surface area contributed by atoms with Gasteiger partial charge in [0.05, 0.1) is 5.69 Å². The van der Waals surface area contributed by atoms with Gasteiger partial charge < -0.3 is 10.5 Å². The molecule has 1 fully saturated rings. The summed E-state index contributed by atoms with van der Waals surface area (Å²) >= 11 is 0. The molecule has 0 spiro atoms. The Morgan fingerprint density at radius 2 is 2.10 bits per heavy atom. The largest absolute Gasteiger partial charge is 0.384 e. The van der Waals surface area contributed by atoms with Gasteiger partial charge in [-0.05, 0) is 30.9 Å². The highest BCUT2D eigenvalue weighted by atomic mass is 32.2. The van der Waals surface area contributed by atoms with Crippen LogP contribution in [0.25, 0.3) is 0 Å². The third kappa shape index (κ3) is 3.35. The molecule has 2 rings (SSSR count). The SMILES string of the molecule is COCC1CCN(S(=O)(=O)c2ccc(CN)nc2)CC1. The summed E-state index contributed by atoms with van der Waals surface area (Å²) in [5.41, 5.74) is 6.14. The summed E-state index contributed by atoms with van der Waals surface area (Å²) in [5.74, 6) is 0.448. The van der Waals surface area contributed by atoms with E-state index in [0.717, 1.165) is 12.8 Å². The fourth-order valence-electron chi connectivity index (χ4n) is 2.39. The van der Waals surface area contributed by atoms with E-state index < -0.39 is 10.0 Å². The fraction of sp³-hybridized carbons (Fsp3) is 0.615. The predicted octanol–water partition coefficient (Wildman–Crippen LogP) is 0.587. The van der Waals surface area contributed by atoms with Crippen molar-refractivity contribution in [2.45, 2.75) is 24.3 Å². The number of sulfonamides is 1. The van der Waals surface area contributed by atoms with Crippen LogP contribution in [0.5, 0.6) is 0 Å². The normalized spacial score (nSPS) is 18.3. The maximum absolute atomic E-state index is 12.5. The first-order chi connectivity index (χ1) is 9.57. The van der Waals surface area contributed by atoms with Crippen molar-refractivity contribution in [1.82, 2.24) is 9.29 Å². The summed E-state index contributed by atoms with van der Waals surface area (Å²) in [6.45, 7) is 2.08. The van der Waals surface area contributed by atoms with Crippen molar-refractivity contribution in [2.24, 2.45) is 11.7 Å². The third-order valence-corrected chi connectivity index (χ3v) is 5.50. The van der Waals surface area contributed by atoms with Crippen LogP contribution in [0.2, 0.25) is 0 Å². The lowest BCUT2D eigenvalue weighted by Gasteiger charge is -2.30. The lowest BCUT2D eigenvalue weighted by molar-refractivity contribution is 0.121.